The highest BCUT2D eigenvalue weighted by molar-refractivity contribution is 6.31. The summed E-state index contributed by atoms with van der Waals surface area (Å²) >= 11 is 6.05. The molecule has 2 aromatic carbocycles. The van der Waals surface area contributed by atoms with E-state index in [1.165, 1.54) is 0 Å². The number of imidazole rings is 1. The molecule has 2 aliphatic heterocycles. The summed E-state index contributed by atoms with van der Waals surface area (Å²) in [7, 11) is 0. The number of hydrogen-bond acceptors (Lipinski definition) is 4. The fourth-order valence-corrected chi connectivity index (χ4v) is 3.90. The van der Waals surface area contributed by atoms with Gasteiger partial charge in [-0.2, -0.15) is 0 Å². The summed E-state index contributed by atoms with van der Waals surface area (Å²) in [6.07, 6.45) is 1.73. The lowest BCUT2D eigenvalue weighted by Crippen LogP contribution is -2.40. The van der Waals surface area contributed by atoms with Crippen LogP contribution in [-0.2, 0) is 0 Å². The van der Waals surface area contributed by atoms with Gasteiger partial charge in [0.05, 0.1) is 11.0 Å². The van der Waals surface area contributed by atoms with Gasteiger partial charge in [0.15, 0.2) is 11.5 Å². The molecule has 2 aliphatic rings. The molecule has 144 valence electrons. The van der Waals surface area contributed by atoms with Crippen LogP contribution in [0.5, 0.6) is 11.5 Å². The number of urea groups is 1. The zero-order valence-electron chi connectivity index (χ0n) is 15.1. The van der Waals surface area contributed by atoms with Gasteiger partial charge in [0.2, 0.25) is 6.79 Å². The number of nitrogens with zero attached hydrogens (tertiary/aromatic N) is 2. The number of piperidine rings is 1. The molecule has 3 heterocycles. The number of H-pyrrole nitrogens is 1. The van der Waals surface area contributed by atoms with Gasteiger partial charge in [0, 0.05) is 35.8 Å². The summed E-state index contributed by atoms with van der Waals surface area (Å²) in [5.41, 5.74) is 2.57. The van der Waals surface area contributed by atoms with Crippen molar-refractivity contribution in [3.63, 3.8) is 0 Å². The second-order valence-corrected chi connectivity index (χ2v) is 7.48. The smallest absolute Gasteiger partial charge is 0.321 e. The van der Waals surface area contributed by atoms with E-state index in [1.807, 2.05) is 29.2 Å². The van der Waals surface area contributed by atoms with Gasteiger partial charge in [-0.25, -0.2) is 9.78 Å². The Labute approximate surface area is 166 Å². The highest BCUT2D eigenvalue weighted by atomic mass is 35.5. The summed E-state index contributed by atoms with van der Waals surface area (Å²) in [6, 6.07) is 11.0. The number of likely N-dealkylation sites (tertiary alicyclic amines) is 1. The zero-order chi connectivity index (χ0) is 19.1. The normalized spacial score (nSPS) is 16.5. The number of nitrogens with one attached hydrogen (secondary N) is 2. The maximum absolute atomic E-state index is 12.6. The summed E-state index contributed by atoms with van der Waals surface area (Å²) in [5, 5.41) is 3.63. The maximum Gasteiger partial charge on any atom is 0.321 e. The molecule has 0 bridgehead atoms. The Kier molecular flexibility index (Phi) is 4.24. The van der Waals surface area contributed by atoms with Crippen LogP contribution in [0, 0.1) is 0 Å². The van der Waals surface area contributed by atoms with E-state index in [4.69, 9.17) is 21.1 Å². The number of rotatable bonds is 2. The van der Waals surface area contributed by atoms with Gasteiger partial charge in [0.25, 0.3) is 0 Å². The fraction of sp³-hybridized carbons (Fsp3) is 0.300. The van der Waals surface area contributed by atoms with E-state index in [1.54, 1.807) is 12.1 Å². The number of hydrogen-bond donors (Lipinski definition) is 2. The molecule has 0 unspecified atom stereocenters. The lowest BCUT2D eigenvalue weighted by molar-refractivity contribution is 0.174. The monoisotopic (exact) mass is 398 g/mol. The zero-order valence-corrected chi connectivity index (χ0v) is 15.8. The van der Waals surface area contributed by atoms with Crippen molar-refractivity contribution in [2.24, 2.45) is 0 Å². The predicted octanol–water partition coefficient (Wildman–Crippen LogP) is 4.36. The molecule has 1 fully saturated rings. The fourth-order valence-electron chi connectivity index (χ4n) is 3.73. The average molecular weight is 399 g/mol. The second kappa shape index (κ2) is 6.91. The third-order valence-electron chi connectivity index (χ3n) is 5.25. The van der Waals surface area contributed by atoms with Crippen LogP contribution in [-0.4, -0.2) is 40.8 Å². The van der Waals surface area contributed by atoms with Gasteiger partial charge >= 0.3 is 6.03 Å². The molecule has 8 heteroatoms. The quantitative estimate of drug-likeness (QED) is 0.672. The SMILES string of the molecule is O=C(Nc1ccc2c(c1)OCO2)N1CCC(c2nc3ccc(Cl)cc3[nH]2)CC1. The van der Waals surface area contributed by atoms with Crippen LogP contribution >= 0.6 is 11.6 Å². The van der Waals surface area contributed by atoms with Crippen LogP contribution in [0.15, 0.2) is 36.4 Å². The van der Waals surface area contributed by atoms with Crippen molar-refractivity contribution < 1.29 is 14.3 Å². The molecule has 5 rings (SSSR count). The van der Waals surface area contributed by atoms with Crippen molar-refractivity contribution >= 4 is 34.4 Å². The third-order valence-corrected chi connectivity index (χ3v) is 5.49. The van der Waals surface area contributed by atoms with Crippen molar-refractivity contribution in [3.8, 4) is 11.5 Å². The molecular weight excluding hydrogens is 380 g/mol. The van der Waals surface area contributed by atoms with Gasteiger partial charge in [-0.1, -0.05) is 11.6 Å². The first-order chi connectivity index (χ1) is 13.7. The first-order valence-electron chi connectivity index (χ1n) is 9.26. The molecule has 0 saturated carbocycles. The number of ether oxygens (including phenoxy) is 2. The van der Waals surface area contributed by atoms with Crippen molar-refractivity contribution in [1.29, 1.82) is 0 Å². The lowest BCUT2D eigenvalue weighted by Gasteiger charge is -2.31. The van der Waals surface area contributed by atoms with E-state index in [9.17, 15) is 4.79 Å². The predicted molar refractivity (Wildman–Crippen MR) is 106 cm³/mol. The third kappa shape index (κ3) is 3.22. The maximum atomic E-state index is 12.6. The summed E-state index contributed by atoms with van der Waals surface area (Å²) in [5.74, 6) is 2.63. The number of carbonyl (C=O) groups excluding carboxylic acids is 1. The van der Waals surface area contributed by atoms with E-state index in [2.05, 4.69) is 15.3 Å². The van der Waals surface area contributed by atoms with Crippen LogP contribution in [0.25, 0.3) is 11.0 Å². The van der Waals surface area contributed by atoms with Gasteiger partial charge in [-0.3, -0.25) is 0 Å². The molecule has 2 N–H and O–H groups in total. The van der Waals surface area contributed by atoms with Gasteiger partial charge < -0.3 is 24.7 Å². The summed E-state index contributed by atoms with van der Waals surface area (Å²) < 4.78 is 10.7. The van der Waals surface area contributed by atoms with Crippen molar-refractivity contribution in [2.75, 3.05) is 25.2 Å². The van der Waals surface area contributed by atoms with E-state index < -0.39 is 0 Å². The minimum Gasteiger partial charge on any atom is -0.454 e. The van der Waals surface area contributed by atoms with Crippen LogP contribution < -0.4 is 14.8 Å². The van der Waals surface area contributed by atoms with Crippen LogP contribution in [0.4, 0.5) is 10.5 Å². The molecule has 0 aliphatic carbocycles. The number of fused-ring (bicyclic) bond motifs is 2. The Morgan fingerprint density at radius 3 is 2.82 bits per heavy atom. The van der Waals surface area contributed by atoms with Crippen molar-refractivity contribution in [3.05, 3.63) is 47.2 Å². The minimum atomic E-state index is -0.103. The molecule has 1 aromatic heterocycles. The number of anilines is 1. The lowest BCUT2D eigenvalue weighted by atomic mass is 9.96. The van der Waals surface area contributed by atoms with Crippen molar-refractivity contribution in [2.45, 2.75) is 18.8 Å². The number of halogens is 1. The Bertz CT molecular complexity index is 1040. The minimum absolute atomic E-state index is 0.103. The van der Waals surface area contributed by atoms with Gasteiger partial charge in [0.1, 0.15) is 5.82 Å². The first kappa shape index (κ1) is 17.2. The molecule has 3 aromatic rings. The second-order valence-electron chi connectivity index (χ2n) is 7.04. The summed E-state index contributed by atoms with van der Waals surface area (Å²) in [4.78, 5) is 22.5. The molecule has 1 saturated heterocycles. The molecule has 0 spiro atoms. The summed E-state index contributed by atoms with van der Waals surface area (Å²) in [6.45, 7) is 1.58. The topological polar surface area (TPSA) is 79.5 Å². The van der Waals surface area contributed by atoms with Crippen LogP contribution in [0.3, 0.4) is 0 Å². The van der Waals surface area contributed by atoms with Crippen LogP contribution in [0.1, 0.15) is 24.6 Å². The van der Waals surface area contributed by atoms with E-state index in [0.29, 0.717) is 41.2 Å². The molecule has 7 nitrogen and oxygen atoms in total. The Morgan fingerprint density at radius 2 is 1.96 bits per heavy atom. The Morgan fingerprint density at radius 1 is 1.14 bits per heavy atom. The molecule has 0 atom stereocenters. The van der Waals surface area contributed by atoms with Crippen molar-refractivity contribution in [1.82, 2.24) is 14.9 Å². The Hall–Kier alpha value is -2.93. The number of carbonyl (C=O) groups is 1. The van der Waals surface area contributed by atoms with Crippen LogP contribution in [0.2, 0.25) is 5.02 Å². The Balaban J connectivity index is 1.22. The van der Waals surface area contributed by atoms with Gasteiger partial charge in [-0.05, 0) is 43.2 Å². The molecule has 0 radical (unpaired) electrons. The molecule has 28 heavy (non-hydrogen) atoms. The first-order valence-corrected chi connectivity index (χ1v) is 9.64. The average Bonchev–Trinajstić information content (AvgIpc) is 3.34. The number of benzene rings is 2. The highest BCUT2D eigenvalue weighted by Crippen LogP contribution is 2.34. The van der Waals surface area contributed by atoms with E-state index in [-0.39, 0.29) is 12.8 Å². The number of amides is 2. The van der Waals surface area contributed by atoms with Gasteiger partial charge in [-0.15, -0.1) is 0 Å². The largest absolute Gasteiger partial charge is 0.454 e. The van der Waals surface area contributed by atoms with E-state index >= 15 is 0 Å². The highest BCUT2D eigenvalue weighted by Gasteiger charge is 2.26. The number of aromatic amines is 1. The number of aromatic nitrogens is 2. The van der Waals surface area contributed by atoms with E-state index in [0.717, 1.165) is 29.7 Å². The standard InChI is InChI=1S/C20H19ClN4O3/c21-13-1-3-15-16(9-13)24-19(23-15)12-5-7-25(8-6-12)20(26)22-14-2-4-17-18(10-14)28-11-27-17/h1-4,9-10,12H,5-8,11H2,(H,22,26)(H,23,24). The molecular formula is C20H19ClN4O3. The molecule has 2 amide bonds.